The van der Waals surface area contributed by atoms with Crippen LogP contribution < -0.4 is 11.1 Å². The zero-order valence-corrected chi connectivity index (χ0v) is 10.9. The molecule has 0 spiro atoms. The number of oxazole rings is 1. The number of carbonyl (C=O) groups excluding carboxylic acids is 2. The van der Waals surface area contributed by atoms with Gasteiger partial charge in [-0.3, -0.25) is 9.59 Å². The maximum atomic E-state index is 12.4. The Morgan fingerprint density at radius 1 is 1.53 bits per heavy atom. The first-order chi connectivity index (χ1) is 9.09. The van der Waals surface area contributed by atoms with Crippen LogP contribution in [0.2, 0.25) is 0 Å². The molecule has 19 heavy (non-hydrogen) atoms. The second-order valence-electron chi connectivity index (χ2n) is 4.65. The smallest absolute Gasteiger partial charge is 0.292 e. The van der Waals surface area contributed by atoms with E-state index in [0.29, 0.717) is 5.69 Å². The van der Waals surface area contributed by atoms with Crippen molar-refractivity contribution >= 4 is 11.8 Å². The molecule has 1 aliphatic rings. The second kappa shape index (κ2) is 5.83. The molecule has 1 aromatic rings. The number of aromatic nitrogens is 1. The lowest BCUT2D eigenvalue weighted by Gasteiger charge is -2.33. The topological polar surface area (TPSA) is 101 Å². The Labute approximate surface area is 111 Å². The van der Waals surface area contributed by atoms with Crippen molar-refractivity contribution in [2.75, 3.05) is 19.6 Å². The first-order valence-corrected chi connectivity index (χ1v) is 6.29. The molecular formula is C12H18N4O3. The van der Waals surface area contributed by atoms with Crippen molar-refractivity contribution in [1.82, 2.24) is 15.2 Å². The minimum absolute atomic E-state index is 0.00532. The summed E-state index contributed by atoms with van der Waals surface area (Å²) in [5.41, 5.74) is 5.76. The van der Waals surface area contributed by atoms with Crippen molar-refractivity contribution in [2.45, 2.75) is 25.8 Å². The molecule has 7 heteroatoms. The highest BCUT2D eigenvalue weighted by Crippen LogP contribution is 2.17. The van der Waals surface area contributed by atoms with Crippen LogP contribution in [0.1, 0.15) is 29.1 Å². The van der Waals surface area contributed by atoms with E-state index < -0.39 is 5.91 Å². The largest absolute Gasteiger partial charge is 0.438 e. The summed E-state index contributed by atoms with van der Waals surface area (Å²) in [5, 5.41) is 3.22. The molecule has 0 aliphatic carbocycles. The monoisotopic (exact) mass is 266 g/mol. The van der Waals surface area contributed by atoms with E-state index in [-0.39, 0.29) is 24.3 Å². The van der Waals surface area contributed by atoms with Crippen molar-refractivity contribution in [2.24, 2.45) is 5.73 Å². The summed E-state index contributed by atoms with van der Waals surface area (Å²) < 4.78 is 5.11. The lowest BCUT2D eigenvalue weighted by Crippen LogP contribution is -2.49. The number of aryl methyl sites for hydroxylation is 1. The lowest BCUT2D eigenvalue weighted by molar-refractivity contribution is -0.119. The van der Waals surface area contributed by atoms with Gasteiger partial charge in [0.2, 0.25) is 11.7 Å². The number of carbonyl (C=O) groups is 2. The number of hydrogen-bond donors (Lipinski definition) is 2. The van der Waals surface area contributed by atoms with E-state index in [9.17, 15) is 9.59 Å². The standard InChI is InChI=1S/C12H18N4O3/c1-8-11(19-7-15-8)12(18)16(6-10(13)17)9-2-4-14-5-3-9/h7,9,14H,2-6H2,1H3,(H2,13,17). The van der Waals surface area contributed by atoms with Gasteiger partial charge in [0.15, 0.2) is 6.39 Å². The van der Waals surface area contributed by atoms with Crippen LogP contribution in [0.15, 0.2) is 10.8 Å². The average Bonchev–Trinajstić information content (AvgIpc) is 2.82. The van der Waals surface area contributed by atoms with Crippen LogP contribution in [0.4, 0.5) is 0 Å². The van der Waals surface area contributed by atoms with Gasteiger partial charge < -0.3 is 20.4 Å². The third kappa shape index (κ3) is 3.11. The zero-order valence-electron chi connectivity index (χ0n) is 10.9. The lowest BCUT2D eigenvalue weighted by atomic mass is 10.0. The minimum Gasteiger partial charge on any atom is -0.438 e. The third-order valence-electron chi connectivity index (χ3n) is 3.28. The molecule has 1 fully saturated rings. The molecule has 0 atom stereocenters. The summed E-state index contributed by atoms with van der Waals surface area (Å²) in [7, 11) is 0. The normalized spacial score (nSPS) is 16.3. The first-order valence-electron chi connectivity index (χ1n) is 6.29. The maximum absolute atomic E-state index is 12.4. The molecule has 0 aromatic carbocycles. The van der Waals surface area contributed by atoms with Gasteiger partial charge >= 0.3 is 0 Å². The Morgan fingerprint density at radius 2 is 2.21 bits per heavy atom. The summed E-state index contributed by atoms with van der Waals surface area (Å²) in [6.45, 7) is 3.25. The molecule has 2 rings (SSSR count). The van der Waals surface area contributed by atoms with Gasteiger partial charge in [-0.05, 0) is 32.9 Å². The Morgan fingerprint density at radius 3 is 2.74 bits per heavy atom. The predicted molar refractivity (Wildman–Crippen MR) is 67.4 cm³/mol. The highest BCUT2D eigenvalue weighted by Gasteiger charge is 2.30. The van der Waals surface area contributed by atoms with E-state index in [2.05, 4.69) is 10.3 Å². The number of rotatable bonds is 4. The van der Waals surface area contributed by atoms with Crippen LogP contribution in [-0.4, -0.2) is 47.4 Å². The molecule has 104 valence electrons. The quantitative estimate of drug-likeness (QED) is 0.776. The van der Waals surface area contributed by atoms with Gasteiger partial charge in [0.05, 0.1) is 5.69 Å². The molecule has 1 aliphatic heterocycles. The number of hydrogen-bond acceptors (Lipinski definition) is 5. The fourth-order valence-corrected chi connectivity index (χ4v) is 2.29. The zero-order chi connectivity index (χ0) is 13.8. The van der Waals surface area contributed by atoms with Crippen molar-refractivity contribution < 1.29 is 14.0 Å². The minimum atomic E-state index is -0.524. The van der Waals surface area contributed by atoms with Gasteiger partial charge in [-0.15, -0.1) is 0 Å². The molecule has 1 aromatic heterocycles. The average molecular weight is 266 g/mol. The molecule has 2 heterocycles. The Kier molecular flexibility index (Phi) is 4.16. The third-order valence-corrected chi connectivity index (χ3v) is 3.28. The number of nitrogens with zero attached hydrogens (tertiary/aromatic N) is 2. The van der Waals surface area contributed by atoms with Crippen LogP contribution in [-0.2, 0) is 4.79 Å². The summed E-state index contributed by atoms with van der Waals surface area (Å²) in [6.07, 6.45) is 2.83. The maximum Gasteiger partial charge on any atom is 0.292 e. The Hall–Kier alpha value is -1.89. The second-order valence-corrected chi connectivity index (χ2v) is 4.65. The van der Waals surface area contributed by atoms with E-state index >= 15 is 0 Å². The summed E-state index contributed by atoms with van der Waals surface area (Å²) in [4.78, 5) is 29.0. The van der Waals surface area contributed by atoms with Gasteiger partial charge in [-0.2, -0.15) is 0 Å². The summed E-state index contributed by atoms with van der Waals surface area (Å²) in [5.74, 6) is -0.662. The molecule has 1 saturated heterocycles. The fourth-order valence-electron chi connectivity index (χ4n) is 2.29. The van der Waals surface area contributed by atoms with Crippen molar-refractivity contribution in [3.8, 4) is 0 Å². The van der Waals surface area contributed by atoms with Crippen molar-refractivity contribution in [3.05, 3.63) is 17.8 Å². The van der Waals surface area contributed by atoms with E-state index in [1.165, 1.54) is 11.3 Å². The van der Waals surface area contributed by atoms with Crippen LogP contribution in [0, 0.1) is 6.92 Å². The number of primary amides is 1. The molecular weight excluding hydrogens is 248 g/mol. The Bertz CT molecular complexity index is 465. The molecule has 0 bridgehead atoms. The fraction of sp³-hybridized carbons (Fsp3) is 0.583. The Balaban J connectivity index is 2.19. The highest BCUT2D eigenvalue weighted by atomic mass is 16.3. The van der Waals surface area contributed by atoms with Crippen LogP contribution in [0.25, 0.3) is 0 Å². The predicted octanol–water partition coefficient (Wildman–Crippen LogP) is -0.337. The number of amides is 2. The molecule has 0 saturated carbocycles. The van der Waals surface area contributed by atoms with Gasteiger partial charge in [-0.25, -0.2) is 4.98 Å². The highest BCUT2D eigenvalue weighted by molar-refractivity contribution is 5.95. The molecule has 7 nitrogen and oxygen atoms in total. The van der Waals surface area contributed by atoms with Crippen LogP contribution in [0.5, 0.6) is 0 Å². The van der Waals surface area contributed by atoms with Gasteiger partial charge in [0, 0.05) is 6.04 Å². The first kappa shape index (κ1) is 13.5. The van der Waals surface area contributed by atoms with Crippen LogP contribution in [0.3, 0.4) is 0 Å². The molecule has 0 radical (unpaired) electrons. The number of nitrogens with one attached hydrogen (secondary N) is 1. The van der Waals surface area contributed by atoms with E-state index in [1.807, 2.05) is 0 Å². The van der Waals surface area contributed by atoms with Gasteiger partial charge in [0.25, 0.3) is 5.91 Å². The summed E-state index contributed by atoms with van der Waals surface area (Å²) in [6, 6.07) is 0.00532. The molecule has 2 amide bonds. The molecule has 0 unspecified atom stereocenters. The van der Waals surface area contributed by atoms with Crippen molar-refractivity contribution in [1.29, 1.82) is 0 Å². The summed E-state index contributed by atoms with van der Waals surface area (Å²) >= 11 is 0. The van der Waals surface area contributed by atoms with Crippen LogP contribution >= 0.6 is 0 Å². The number of nitrogens with two attached hydrogens (primary N) is 1. The van der Waals surface area contributed by atoms with Crippen molar-refractivity contribution in [3.63, 3.8) is 0 Å². The van der Waals surface area contributed by atoms with E-state index in [4.69, 9.17) is 10.2 Å². The van der Waals surface area contributed by atoms with Gasteiger partial charge in [-0.1, -0.05) is 0 Å². The van der Waals surface area contributed by atoms with Gasteiger partial charge in [0.1, 0.15) is 6.54 Å². The number of piperidine rings is 1. The van der Waals surface area contributed by atoms with E-state index in [1.54, 1.807) is 6.92 Å². The van der Waals surface area contributed by atoms with E-state index in [0.717, 1.165) is 25.9 Å². The molecule has 3 N–H and O–H groups in total. The SMILES string of the molecule is Cc1ncoc1C(=O)N(CC(N)=O)C1CCNCC1.